The molecule has 1 aliphatic rings. The van der Waals surface area contributed by atoms with Crippen molar-refractivity contribution in [1.82, 2.24) is 15.0 Å². The fourth-order valence-electron chi connectivity index (χ4n) is 2.25. The van der Waals surface area contributed by atoms with E-state index in [-0.39, 0.29) is 5.91 Å². The van der Waals surface area contributed by atoms with Gasteiger partial charge in [-0.15, -0.1) is 0 Å². The smallest absolute Gasteiger partial charge is 0.245 e. The second kappa shape index (κ2) is 5.80. The molecule has 0 aromatic carbocycles. The van der Waals surface area contributed by atoms with E-state index in [9.17, 15) is 4.79 Å². The number of aryl methyl sites for hydroxylation is 1. The summed E-state index contributed by atoms with van der Waals surface area (Å²) in [6.45, 7) is 7.11. The minimum absolute atomic E-state index is 0.0273. The van der Waals surface area contributed by atoms with Crippen molar-refractivity contribution in [2.45, 2.75) is 32.6 Å². The van der Waals surface area contributed by atoms with Crippen LogP contribution in [0.3, 0.4) is 0 Å². The van der Waals surface area contributed by atoms with Crippen molar-refractivity contribution in [3.05, 3.63) is 24.4 Å². The van der Waals surface area contributed by atoms with E-state index in [1.807, 2.05) is 11.8 Å². The van der Waals surface area contributed by atoms with E-state index in [0.717, 1.165) is 50.5 Å². The van der Waals surface area contributed by atoms with E-state index in [0.29, 0.717) is 5.92 Å². The fourth-order valence-corrected chi connectivity index (χ4v) is 2.25. The zero-order valence-electron chi connectivity index (χ0n) is 10.8. The third-order valence-corrected chi connectivity index (χ3v) is 3.39. The van der Waals surface area contributed by atoms with Gasteiger partial charge in [-0.1, -0.05) is 18.7 Å². The minimum atomic E-state index is 0.0273. The lowest BCUT2D eigenvalue weighted by molar-refractivity contribution is -0.127. The molecule has 1 aliphatic heterocycles. The summed E-state index contributed by atoms with van der Waals surface area (Å²) in [6, 6.07) is 0. The number of hydrogen-bond donors (Lipinski definition) is 0. The fraction of sp³-hybridized carbons (Fsp3) is 0.615. The van der Waals surface area contributed by atoms with Crippen LogP contribution in [0.2, 0.25) is 0 Å². The Morgan fingerprint density at radius 3 is 2.83 bits per heavy atom. The molecule has 98 valence electrons. The Hall–Kier alpha value is -1.65. The van der Waals surface area contributed by atoms with Crippen LogP contribution in [0.15, 0.2) is 17.2 Å². The molecule has 18 heavy (non-hydrogen) atoms. The van der Waals surface area contributed by atoms with E-state index in [2.05, 4.69) is 16.7 Å². The number of carbonyl (C=O) groups excluding carboxylic acids is 1. The summed E-state index contributed by atoms with van der Waals surface area (Å²) in [5.41, 5.74) is 0. The molecule has 0 saturated carbocycles. The average Bonchev–Trinajstić information content (AvgIpc) is 2.86. The van der Waals surface area contributed by atoms with Gasteiger partial charge in [-0.3, -0.25) is 4.79 Å². The Labute approximate surface area is 107 Å². The van der Waals surface area contributed by atoms with Gasteiger partial charge in [-0.05, 0) is 24.8 Å². The summed E-state index contributed by atoms with van der Waals surface area (Å²) in [6.07, 6.45) is 4.98. The Kier molecular flexibility index (Phi) is 4.12. The molecule has 5 heteroatoms. The number of rotatable bonds is 4. The van der Waals surface area contributed by atoms with Crippen LogP contribution in [0, 0.1) is 5.92 Å². The van der Waals surface area contributed by atoms with Crippen LogP contribution in [0.1, 0.15) is 31.5 Å². The van der Waals surface area contributed by atoms with E-state index in [4.69, 9.17) is 4.52 Å². The molecule has 0 unspecified atom stereocenters. The van der Waals surface area contributed by atoms with Gasteiger partial charge in [0.25, 0.3) is 0 Å². The van der Waals surface area contributed by atoms with Gasteiger partial charge in [-0.25, -0.2) is 0 Å². The first kappa shape index (κ1) is 12.8. The number of amides is 1. The first-order valence-corrected chi connectivity index (χ1v) is 6.45. The van der Waals surface area contributed by atoms with Crippen LogP contribution >= 0.6 is 0 Å². The average molecular weight is 249 g/mol. The van der Waals surface area contributed by atoms with Crippen molar-refractivity contribution in [1.29, 1.82) is 0 Å². The van der Waals surface area contributed by atoms with Crippen LogP contribution in [-0.2, 0) is 17.6 Å². The highest BCUT2D eigenvalue weighted by atomic mass is 16.5. The van der Waals surface area contributed by atoms with Gasteiger partial charge in [0.15, 0.2) is 5.82 Å². The maximum absolute atomic E-state index is 11.4. The number of carbonyl (C=O) groups is 1. The van der Waals surface area contributed by atoms with E-state index in [1.165, 1.54) is 6.08 Å². The zero-order valence-corrected chi connectivity index (χ0v) is 10.8. The maximum Gasteiger partial charge on any atom is 0.245 e. The topological polar surface area (TPSA) is 59.2 Å². The number of likely N-dealkylation sites (tertiary alicyclic amines) is 1. The van der Waals surface area contributed by atoms with Crippen LogP contribution in [-0.4, -0.2) is 34.0 Å². The van der Waals surface area contributed by atoms with Gasteiger partial charge < -0.3 is 9.42 Å². The highest BCUT2D eigenvalue weighted by Gasteiger charge is 2.23. The molecule has 0 atom stereocenters. The Balaban J connectivity index is 1.83. The maximum atomic E-state index is 11.4. The van der Waals surface area contributed by atoms with Gasteiger partial charge in [0.2, 0.25) is 11.8 Å². The van der Waals surface area contributed by atoms with E-state index in [1.54, 1.807) is 0 Å². The van der Waals surface area contributed by atoms with Crippen LogP contribution in [0.4, 0.5) is 0 Å². The minimum Gasteiger partial charge on any atom is -0.339 e. The molecular formula is C13H19N3O2. The third-order valence-electron chi connectivity index (χ3n) is 3.39. The summed E-state index contributed by atoms with van der Waals surface area (Å²) in [4.78, 5) is 17.6. The molecule has 1 fully saturated rings. The van der Waals surface area contributed by atoms with Gasteiger partial charge in [0, 0.05) is 25.9 Å². The number of hydrogen-bond acceptors (Lipinski definition) is 4. The quantitative estimate of drug-likeness (QED) is 0.760. The first-order valence-electron chi connectivity index (χ1n) is 6.45. The van der Waals surface area contributed by atoms with Crippen molar-refractivity contribution in [2.24, 2.45) is 5.92 Å². The summed E-state index contributed by atoms with van der Waals surface area (Å²) in [5.74, 6) is 2.05. The second-order valence-corrected chi connectivity index (χ2v) is 4.63. The lowest BCUT2D eigenvalue weighted by Crippen LogP contribution is -2.37. The highest BCUT2D eigenvalue weighted by molar-refractivity contribution is 5.87. The Bertz CT molecular complexity index is 420. The summed E-state index contributed by atoms with van der Waals surface area (Å²) >= 11 is 0. The molecule has 1 aromatic heterocycles. The zero-order chi connectivity index (χ0) is 13.0. The molecule has 1 aromatic rings. The number of aromatic nitrogens is 2. The SMILES string of the molecule is C=CC(=O)N1CCC(Cc2nc(CC)no2)CC1. The van der Waals surface area contributed by atoms with Gasteiger partial charge in [0.05, 0.1) is 0 Å². The Morgan fingerprint density at radius 1 is 1.56 bits per heavy atom. The van der Waals surface area contributed by atoms with Gasteiger partial charge in [0.1, 0.15) is 0 Å². The number of piperidine rings is 1. The molecule has 0 bridgehead atoms. The molecular weight excluding hydrogens is 230 g/mol. The lowest BCUT2D eigenvalue weighted by atomic mass is 9.93. The predicted molar refractivity (Wildman–Crippen MR) is 66.9 cm³/mol. The molecule has 0 radical (unpaired) electrons. The molecule has 5 nitrogen and oxygen atoms in total. The first-order chi connectivity index (χ1) is 8.72. The molecule has 1 saturated heterocycles. The standard InChI is InChI=1S/C13H19N3O2/c1-3-11-14-12(18-15-11)9-10-5-7-16(8-6-10)13(17)4-2/h4,10H,2-3,5-9H2,1H3. The largest absolute Gasteiger partial charge is 0.339 e. The van der Waals surface area contributed by atoms with Crippen molar-refractivity contribution in [3.63, 3.8) is 0 Å². The van der Waals surface area contributed by atoms with Crippen LogP contribution in [0.5, 0.6) is 0 Å². The normalized spacial score (nSPS) is 16.8. The van der Waals surface area contributed by atoms with Crippen molar-refractivity contribution >= 4 is 5.91 Å². The second-order valence-electron chi connectivity index (χ2n) is 4.63. The molecule has 0 spiro atoms. The van der Waals surface area contributed by atoms with Crippen LogP contribution < -0.4 is 0 Å². The van der Waals surface area contributed by atoms with E-state index >= 15 is 0 Å². The van der Waals surface area contributed by atoms with Gasteiger partial charge >= 0.3 is 0 Å². The van der Waals surface area contributed by atoms with Crippen molar-refractivity contribution in [2.75, 3.05) is 13.1 Å². The summed E-state index contributed by atoms with van der Waals surface area (Å²) in [5, 5.41) is 3.89. The third kappa shape index (κ3) is 2.97. The van der Waals surface area contributed by atoms with E-state index < -0.39 is 0 Å². The summed E-state index contributed by atoms with van der Waals surface area (Å²) < 4.78 is 5.20. The van der Waals surface area contributed by atoms with Crippen molar-refractivity contribution < 1.29 is 9.32 Å². The van der Waals surface area contributed by atoms with Gasteiger partial charge in [-0.2, -0.15) is 4.98 Å². The molecule has 2 rings (SSSR count). The molecule has 0 aliphatic carbocycles. The van der Waals surface area contributed by atoms with Crippen molar-refractivity contribution in [3.8, 4) is 0 Å². The monoisotopic (exact) mass is 249 g/mol. The predicted octanol–water partition coefficient (Wildman–Crippen LogP) is 1.60. The molecule has 1 amide bonds. The molecule has 2 heterocycles. The number of nitrogens with zero attached hydrogens (tertiary/aromatic N) is 3. The lowest BCUT2D eigenvalue weighted by Gasteiger charge is -2.30. The summed E-state index contributed by atoms with van der Waals surface area (Å²) in [7, 11) is 0. The molecule has 0 N–H and O–H groups in total. The highest BCUT2D eigenvalue weighted by Crippen LogP contribution is 2.21. The van der Waals surface area contributed by atoms with Crippen LogP contribution in [0.25, 0.3) is 0 Å². The Morgan fingerprint density at radius 2 is 2.28 bits per heavy atom.